The fourth-order valence-corrected chi connectivity index (χ4v) is 2.01. The van der Waals surface area contributed by atoms with Crippen LogP contribution in [0.4, 0.5) is 6.01 Å². The van der Waals surface area contributed by atoms with E-state index in [0.29, 0.717) is 17.9 Å². The molecule has 5 nitrogen and oxygen atoms in total. The van der Waals surface area contributed by atoms with Gasteiger partial charge in [0.25, 0.3) is 6.01 Å². The summed E-state index contributed by atoms with van der Waals surface area (Å²) in [4.78, 5) is 15.0. The third-order valence-electron chi connectivity index (χ3n) is 3.48. The van der Waals surface area contributed by atoms with E-state index in [1.807, 2.05) is 0 Å². The van der Waals surface area contributed by atoms with Crippen molar-refractivity contribution >= 4 is 12.0 Å². The van der Waals surface area contributed by atoms with Crippen LogP contribution in [0.1, 0.15) is 32.2 Å². The molecule has 5 heteroatoms. The molecule has 17 heavy (non-hydrogen) atoms. The van der Waals surface area contributed by atoms with Crippen molar-refractivity contribution in [3.05, 3.63) is 11.5 Å². The summed E-state index contributed by atoms with van der Waals surface area (Å²) in [5, 5.41) is 11.5. The maximum Gasteiger partial charge on any atom is 0.325 e. The molecule has 0 fully saturated rings. The van der Waals surface area contributed by atoms with E-state index in [-0.39, 0.29) is 0 Å². The van der Waals surface area contributed by atoms with Crippen molar-refractivity contribution in [2.45, 2.75) is 39.7 Å². The van der Waals surface area contributed by atoms with E-state index >= 15 is 0 Å². The van der Waals surface area contributed by atoms with Gasteiger partial charge in [-0.3, -0.25) is 4.79 Å². The third kappa shape index (κ3) is 2.43. The number of aliphatic carboxylic acids is 1. The Morgan fingerprint density at radius 1 is 1.47 bits per heavy atom. The van der Waals surface area contributed by atoms with Gasteiger partial charge in [0.2, 0.25) is 0 Å². The largest absolute Gasteiger partial charge is 0.480 e. The Labute approximate surface area is 100 Å². The molecule has 1 aromatic rings. The van der Waals surface area contributed by atoms with Crippen molar-refractivity contribution in [3.8, 4) is 0 Å². The number of oxazole rings is 1. The van der Waals surface area contributed by atoms with Crippen LogP contribution in [0.25, 0.3) is 0 Å². The SMILES string of the molecule is CC1Cc2nc(N[C@H](C)C(=O)O)oc2CC1C. The minimum Gasteiger partial charge on any atom is -0.480 e. The topological polar surface area (TPSA) is 75.4 Å². The monoisotopic (exact) mass is 238 g/mol. The number of fused-ring (bicyclic) bond motifs is 1. The van der Waals surface area contributed by atoms with Gasteiger partial charge in [-0.2, -0.15) is 4.98 Å². The molecule has 0 amide bonds. The third-order valence-corrected chi connectivity index (χ3v) is 3.48. The molecule has 1 aliphatic carbocycles. The van der Waals surface area contributed by atoms with E-state index < -0.39 is 12.0 Å². The molecule has 0 spiro atoms. The predicted octanol–water partition coefficient (Wildman–Crippen LogP) is 1.93. The maximum atomic E-state index is 10.7. The predicted molar refractivity (Wildman–Crippen MR) is 63.0 cm³/mol. The number of carbonyl (C=O) groups is 1. The van der Waals surface area contributed by atoms with Crippen molar-refractivity contribution in [3.63, 3.8) is 0 Å². The smallest absolute Gasteiger partial charge is 0.325 e. The highest BCUT2D eigenvalue weighted by Crippen LogP contribution is 2.31. The normalized spacial score (nSPS) is 25.1. The van der Waals surface area contributed by atoms with Gasteiger partial charge >= 0.3 is 5.97 Å². The van der Waals surface area contributed by atoms with Gasteiger partial charge < -0.3 is 14.8 Å². The summed E-state index contributed by atoms with van der Waals surface area (Å²) in [6, 6.07) is -0.365. The Balaban J connectivity index is 2.13. The molecule has 0 aromatic carbocycles. The zero-order chi connectivity index (χ0) is 12.6. The Hall–Kier alpha value is -1.52. The summed E-state index contributed by atoms with van der Waals surface area (Å²) in [5.41, 5.74) is 0.968. The van der Waals surface area contributed by atoms with Gasteiger partial charge in [0.05, 0.1) is 5.69 Å². The molecule has 3 atom stereocenters. The molecule has 2 unspecified atom stereocenters. The van der Waals surface area contributed by atoms with Crippen LogP contribution < -0.4 is 5.32 Å². The van der Waals surface area contributed by atoms with Crippen LogP contribution in [0.15, 0.2) is 4.42 Å². The molecule has 0 bridgehead atoms. The van der Waals surface area contributed by atoms with Gasteiger partial charge in [0.1, 0.15) is 11.8 Å². The van der Waals surface area contributed by atoms with Gasteiger partial charge in [-0.25, -0.2) is 0 Å². The molecule has 2 rings (SSSR count). The summed E-state index contributed by atoms with van der Waals surface area (Å²) in [6.07, 6.45) is 1.79. The molecule has 1 heterocycles. The summed E-state index contributed by atoms with van der Waals surface area (Å²) < 4.78 is 5.56. The van der Waals surface area contributed by atoms with Crippen molar-refractivity contribution < 1.29 is 14.3 Å². The molecular formula is C12H18N2O3. The molecule has 0 aliphatic heterocycles. The highest BCUT2D eigenvalue weighted by atomic mass is 16.4. The molecule has 0 saturated carbocycles. The number of hydrogen-bond donors (Lipinski definition) is 2. The van der Waals surface area contributed by atoms with E-state index in [1.54, 1.807) is 6.92 Å². The first kappa shape index (κ1) is 12.0. The van der Waals surface area contributed by atoms with Crippen molar-refractivity contribution in [2.75, 3.05) is 5.32 Å². The van der Waals surface area contributed by atoms with Gasteiger partial charge in [0.15, 0.2) is 0 Å². The lowest BCUT2D eigenvalue weighted by atomic mass is 9.83. The van der Waals surface area contributed by atoms with Crippen LogP contribution in [0.3, 0.4) is 0 Å². The standard InChI is InChI=1S/C12H18N2O3/c1-6-4-9-10(5-7(6)2)17-12(14-9)13-8(3)11(15)16/h6-8H,4-5H2,1-3H3,(H,13,14)(H,15,16)/t6?,7?,8-/m1/s1. The number of nitrogens with zero attached hydrogens (tertiary/aromatic N) is 1. The molecule has 1 aliphatic rings. The van der Waals surface area contributed by atoms with Crippen LogP contribution in [-0.2, 0) is 17.6 Å². The van der Waals surface area contributed by atoms with Gasteiger partial charge in [-0.15, -0.1) is 0 Å². The molecule has 0 radical (unpaired) electrons. The minimum atomic E-state index is -0.914. The first-order valence-electron chi connectivity index (χ1n) is 5.95. The van der Waals surface area contributed by atoms with E-state index in [9.17, 15) is 4.79 Å². The molecule has 0 saturated heterocycles. The van der Waals surface area contributed by atoms with Gasteiger partial charge in [-0.1, -0.05) is 13.8 Å². The number of hydrogen-bond acceptors (Lipinski definition) is 4. The van der Waals surface area contributed by atoms with Crippen molar-refractivity contribution in [2.24, 2.45) is 11.8 Å². The molecule has 1 aromatic heterocycles. The second-order valence-electron chi connectivity index (χ2n) is 4.96. The lowest BCUT2D eigenvalue weighted by Gasteiger charge is -2.22. The zero-order valence-electron chi connectivity index (χ0n) is 10.4. The van der Waals surface area contributed by atoms with E-state index in [4.69, 9.17) is 9.52 Å². The average Bonchev–Trinajstić information content (AvgIpc) is 2.60. The second kappa shape index (κ2) is 4.39. The Kier molecular flexibility index (Phi) is 3.09. The lowest BCUT2D eigenvalue weighted by Crippen LogP contribution is -2.25. The number of rotatable bonds is 3. The Bertz CT molecular complexity index is 400. The fraction of sp³-hybridized carbons (Fsp3) is 0.667. The van der Waals surface area contributed by atoms with Crippen LogP contribution in [0.5, 0.6) is 0 Å². The highest BCUT2D eigenvalue weighted by Gasteiger charge is 2.27. The first-order chi connectivity index (χ1) is 7.97. The molecular weight excluding hydrogens is 220 g/mol. The lowest BCUT2D eigenvalue weighted by molar-refractivity contribution is -0.137. The summed E-state index contributed by atoms with van der Waals surface area (Å²) in [6.45, 7) is 5.97. The van der Waals surface area contributed by atoms with Gasteiger partial charge in [0, 0.05) is 6.42 Å². The summed E-state index contributed by atoms with van der Waals surface area (Å²) in [5.74, 6) is 1.16. The molecule has 94 valence electrons. The fourth-order valence-electron chi connectivity index (χ4n) is 2.01. The number of anilines is 1. The summed E-state index contributed by atoms with van der Waals surface area (Å²) in [7, 11) is 0. The number of carboxylic acid groups (broad SMARTS) is 1. The average molecular weight is 238 g/mol. The Morgan fingerprint density at radius 2 is 2.12 bits per heavy atom. The van der Waals surface area contributed by atoms with E-state index in [2.05, 4.69) is 24.1 Å². The van der Waals surface area contributed by atoms with E-state index in [0.717, 1.165) is 24.3 Å². The first-order valence-corrected chi connectivity index (χ1v) is 5.95. The van der Waals surface area contributed by atoms with Crippen LogP contribution in [0.2, 0.25) is 0 Å². The highest BCUT2D eigenvalue weighted by molar-refractivity contribution is 5.75. The quantitative estimate of drug-likeness (QED) is 0.841. The Morgan fingerprint density at radius 3 is 2.76 bits per heavy atom. The minimum absolute atomic E-state index is 0.325. The van der Waals surface area contributed by atoms with Crippen LogP contribution in [-0.4, -0.2) is 22.1 Å². The number of nitrogens with one attached hydrogen (secondary N) is 1. The zero-order valence-corrected chi connectivity index (χ0v) is 10.4. The maximum absolute atomic E-state index is 10.7. The van der Waals surface area contributed by atoms with Gasteiger partial charge in [-0.05, 0) is 25.2 Å². The van der Waals surface area contributed by atoms with Crippen LogP contribution in [0, 0.1) is 11.8 Å². The summed E-state index contributed by atoms with van der Waals surface area (Å²) >= 11 is 0. The number of carboxylic acids is 1. The number of aromatic nitrogens is 1. The van der Waals surface area contributed by atoms with E-state index in [1.165, 1.54) is 0 Å². The second-order valence-corrected chi connectivity index (χ2v) is 4.96. The van der Waals surface area contributed by atoms with Crippen molar-refractivity contribution in [1.29, 1.82) is 0 Å². The molecule has 2 N–H and O–H groups in total. The van der Waals surface area contributed by atoms with Crippen molar-refractivity contribution in [1.82, 2.24) is 4.98 Å². The van der Waals surface area contributed by atoms with Crippen LogP contribution >= 0.6 is 0 Å².